The fraction of sp³-hybridized carbons (Fsp3) is 0.278. The van der Waals surface area contributed by atoms with Crippen molar-refractivity contribution in [3.05, 3.63) is 65.7 Å². The highest BCUT2D eigenvalue weighted by molar-refractivity contribution is 7.67. The van der Waals surface area contributed by atoms with Crippen LogP contribution in [0.25, 0.3) is 0 Å². The third-order valence-electron chi connectivity index (χ3n) is 3.91. The molecule has 1 aliphatic heterocycles. The summed E-state index contributed by atoms with van der Waals surface area (Å²) < 4.78 is 84.3. The van der Waals surface area contributed by atoms with E-state index in [9.17, 15) is 26.3 Å². The molecule has 0 aromatic heterocycles. The highest BCUT2D eigenvalue weighted by Crippen LogP contribution is 2.63. The quantitative estimate of drug-likeness (QED) is 0.505. The molecule has 1 atom stereocenters. The van der Waals surface area contributed by atoms with Gasteiger partial charge in [-0.1, -0.05) is 48.5 Å². The summed E-state index contributed by atoms with van der Waals surface area (Å²) in [7, 11) is -4.40. The Morgan fingerprint density at radius 2 is 1.48 bits per heavy atom. The number of nitrogens with zero attached hydrogens (tertiary/aromatic N) is 1. The first-order valence-electron chi connectivity index (χ1n) is 7.94. The molecule has 2 aromatic rings. The van der Waals surface area contributed by atoms with Gasteiger partial charge < -0.3 is 4.74 Å². The molecule has 1 heterocycles. The average Bonchev–Trinajstić information content (AvgIpc) is 3.02. The maximum atomic E-state index is 13.2. The molecule has 144 valence electrons. The van der Waals surface area contributed by atoms with E-state index in [0.29, 0.717) is 6.42 Å². The molecule has 1 aliphatic rings. The standard InChI is InChI=1S/C18H14F6NOP/c19-17(20,21)27(18(22,23)24)15-9-5-4-8-14(15)16-25-13(11-26-16)10-12-6-2-1-3-7-12/h1-9,13H,10-11H2/t13-/m0/s1. The summed E-state index contributed by atoms with van der Waals surface area (Å²) >= 11 is 0. The van der Waals surface area contributed by atoms with Crippen molar-refractivity contribution in [3.8, 4) is 0 Å². The second-order valence-electron chi connectivity index (χ2n) is 5.88. The molecule has 0 spiro atoms. The van der Waals surface area contributed by atoms with Crippen LogP contribution in [0.5, 0.6) is 0 Å². The van der Waals surface area contributed by atoms with E-state index in [4.69, 9.17) is 4.74 Å². The van der Waals surface area contributed by atoms with Crippen LogP contribution in [-0.2, 0) is 11.2 Å². The van der Waals surface area contributed by atoms with Crippen molar-refractivity contribution in [2.24, 2.45) is 4.99 Å². The van der Waals surface area contributed by atoms with Gasteiger partial charge in [-0.25, -0.2) is 4.99 Å². The lowest BCUT2D eigenvalue weighted by Crippen LogP contribution is -2.29. The minimum atomic E-state index is -5.41. The van der Waals surface area contributed by atoms with Crippen molar-refractivity contribution in [2.45, 2.75) is 24.3 Å². The van der Waals surface area contributed by atoms with Crippen molar-refractivity contribution in [1.82, 2.24) is 0 Å². The molecule has 2 nitrogen and oxygen atoms in total. The zero-order valence-electron chi connectivity index (χ0n) is 13.8. The molecule has 2 aromatic carbocycles. The van der Waals surface area contributed by atoms with Gasteiger partial charge in [0.2, 0.25) is 5.90 Å². The van der Waals surface area contributed by atoms with Gasteiger partial charge in [0.25, 0.3) is 0 Å². The van der Waals surface area contributed by atoms with Crippen molar-refractivity contribution in [2.75, 3.05) is 6.61 Å². The lowest BCUT2D eigenvalue weighted by Gasteiger charge is -2.24. The number of rotatable bonds is 4. The topological polar surface area (TPSA) is 21.6 Å². The average molecular weight is 405 g/mol. The number of hydrogen-bond donors (Lipinski definition) is 0. The Hall–Kier alpha value is -2.08. The third-order valence-corrected chi connectivity index (χ3v) is 5.79. The van der Waals surface area contributed by atoms with Gasteiger partial charge in [-0.05, 0) is 18.1 Å². The lowest BCUT2D eigenvalue weighted by molar-refractivity contribution is -0.0811. The van der Waals surface area contributed by atoms with E-state index in [1.807, 2.05) is 30.3 Å². The number of hydrogen-bond acceptors (Lipinski definition) is 2. The Bertz CT molecular complexity index is 805. The minimum Gasteiger partial charge on any atom is -0.475 e. The number of ether oxygens (including phenoxy) is 1. The van der Waals surface area contributed by atoms with E-state index in [2.05, 4.69) is 4.99 Å². The molecule has 3 rings (SSSR count). The van der Waals surface area contributed by atoms with Gasteiger partial charge in [-0.3, -0.25) is 0 Å². The molecular weight excluding hydrogens is 391 g/mol. The number of alkyl halides is 6. The van der Waals surface area contributed by atoms with Crippen LogP contribution in [0.1, 0.15) is 11.1 Å². The summed E-state index contributed by atoms with van der Waals surface area (Å²) in [6.45, 7) is 0.106. The molecule has 0 saturated heterocycles. The Balaban J connectivity index is 1.93. The van der Waals surface area contributed by atoms with Crippen LogP contribution in [0.2, 0.25) is 0 Å². The zero-order valence-corrected chi connectivity index (χ0v) is 14.7. The van der Waals surface area contributed by atoms with E-state index in [0.717, 1.165) is 17.7 Å². The van der Waals surface area contributed by atoms with Crippen molar-refractivity contribution < 1.29 is 31.1 Å². The summed E-state index contributed by atoms with van der Waals surface area (Å²) in [4.78, 5) is 4.23. The lowest BCUT2D eigenvalue weighted by atomic mass is 10.1. The summed E-state index contributed by atoms with van der Waals surface area (Å²) in [6.07, 6.45) is 0.486. The molecule has 0 saturated carbocycles. The summed E-state index contributed by atoms with van der Waals surface area (Å²) in [6, 6.07) is 13.5. The van der Waals surface area contributed by atoms with Crippen LogP contribution in [0.3, 0.4) is 0 Å². The first-order chi connectivity index (χ1) is 12.7. The summed E-state index contributed by atoms with van der Waals surface area (Å²) in [5.41, 5.74) is 0.700. The minimum absolute atomic E-state index is 0.106. The largest absolute Gasteiger partial charge is 0.475 e. The van der Waals surface area contributed by atoms with Gasteiger partial charge in [0, 0.05) is 10.9 Å². The van der Waals surface area contributed by atoms with Gasteiger partial charge in [0.15, 0.2) is 0 Å². The van der Waals surface area contributed by atoms with Gasteiger partial charge in [-0.15, -0.1) is 0 Å². The smallest absolute Gasteiger partial charge is 0.418 e. The molecule has 9 heteroatoms. The molecule has 0 aliphatic carbocycles. The molecular formula is C18H14F6NOP. The van der Waals surface area contributed by atoms with Crippen LogP contribution in [-0.4, -0.2) is 30.4 Å². The van der Waals surface area contributed by atoms with E-state index in [1.54, 1.807) is 0 Å². The maximum Gasteiger partial charge on any atom is 0.418 e. The highest BCUT2D eigenvalue weighted by atomic mass is 31.1. The zero-order chi connectivity index (χ0) is 19.7. The molecule has 0 amide bonds. The van der Waals surface area contributed by atoms with Gasteiger partial charge >= 0.3 is 11.8 Å². The van der Waals surface area contributed by atoms with Crippen molar-refractivity contribution >= 4 is 19.1 Å². The van der Waals surface area contributed by atoms with Crippen molar-refractivity contribution in [3.63, 3.8) is 0 Å². The summed E-state index contributed by atoms with van der Waals surface area (Å²) in [5.74, 6) is -11.0. The van der Waals surface area contributed by atoms with Gasteiger partial charge in [-0.2, -0.15) is 26.3 Å². The second-order valence-corrected chi connectivity index (χ2v) is 8.04. The van der Waals surface area contributed by atoms with Crippen LogP contribution in [0.4, 0.5) is 26.3 Å². The monoisotopic (exact) mass is 405 g/mol. The van der Waals surface area contributed by atoms with Gasteiger partial charge in [0.05, 0.1) is 6.04 Å². The molecule has 27 heavy (non-hydrogen) atoms. The Kier molecular flexibility index (Phi) is 5.47. The number of benzene rings is 2. The first kappa shape index (κ1) is 19.7. The molecule has 0 unspecified atom stereocenters. The Labute approximate surface area is 152 Å². The van der Waals surface area contributed by atoms with Crippen LogP contribution < -0.4 is 5.30 Å². The van der Waals surface area contributed by atoms with Crippen molar-refractivity contribution in [1.29, 1.82) is 0 Å². The van der Waals surface area contributed by atoms with Gasteiger partial charge in [0.1, 0.15) is 14.5 Å². The van der Waals surface area contributed by atoms with E-state index in [1.165, 1.54) is 12.1 Å². The molecule has 0 fully saturated rings. The van der Waals surface area contributed by atoms with E-state index < -0.39 is 25.1 Å². The summed E-state index contributed by atoms with van der Waals surface area (Å²) in [5, 5.41) is -0.841. The van der Waals surface area contributed by atoms with E-state index in [-0.39, 0.29) is 24.1 Å². The predicted octanol–water partition coefficient (Wildman–Crippen LogP) is 5.22. The molecule has 0 bridgehead atoms. The Morgan fingerprint density at radius 3 is 2.11 bits per heavy atom. The fourth-order valence-corrected chi connectivity index (χ4v) is 4.30. The molecule has 0 N–H and O–H groups in total. The first-order valence-corrected chi connectivity index (χ1v) is 9.28. The third kappa shape index (κ3) is 4.61. The number of halogens is 6. The van der Waals surface area contributed by atoms with Crippen LogP contribution in [0.15, 0.2) is 59.6 Å². The number of aliphatic imine (C=N–C) groups is 1. The predicted molar refractivity (Wildman–Crippen MR) is 91.5 cm³/mol. The van der Waals surface area contributed by atoms with Crippen LogP contribution >= 0.6 is 7.92 Å². The second kappa shape index (κ2) is 7.50. The maximum absolute atomic E-state index is 13.2. The highest BCUT2D eigenvalue weighted by Gasteiger charge is 2.58. The van der Waals surface area contributed by atoms with E-state index >= 15 is 0 Å². The SMILES string of the molecule is FC(F)(F)P(c1ccccc1C1=N[C@@H](Cc2ccccc2)CO1)C(F)(F)F. The van der Waals surface area contributed by atoms with Crippen LogP contribution in [0, 0.1) is 0 Å². The fourth-order valence-electron chi connectivity index (χ4n) is 2.82. The normalized spacial score (nSPS) is 17.7. The molecule has 0 radical (unpaired) electrons. The Morgan fingerprint density at radius 1 is 0.889 bits per heavy atom.